The second-order valence-electron chi connectivity index (χ2n) is 8.40. The molecule has 3 N–H and O–H groups in total. The zero-order valence-corrected chi connectivity index (χ0v) is 19.0. The lowest BCUT2D eigenvalue weighted by atomic mass is 10.0. The molecular weight excluding hydrogens is 471 g/mol. The molecule has 1 amide bonds. The number of aromatic amines is 1. The van der Waals surface area contributed by atoms with Gasteiger partial charge in [0.15, 0.2) is 5.65 Å². The molecule has 0 aliphatic carbocycles. The number of piperazine rings is 1. The number of halogens is 3. The molecule has 1 saturated heterocycles. The maximum atomic E-state index is 13.6. The summed E-state index contributed by atoms with van der Waals surface area (Å²) in [6, 6.07) is 13.4. The molecule has 1 aliphatic rings. The van der Waals surface area contributed by atoms with Crippen molar-refractivity contribution in [3.63, 3.8) is 0 Å². The number of benzene rings is 2. The number of amides is 1. The van der Waals surface area contributed by atoms with Gasteiger partial charge in [0, 0.05) is 31.7 Å². The molecule has 3 heterocycles. The molecule has 0 bridgehead atoms. The van der Waals surface area contributed by atoms with E-state index in [0.717, 1.165) is 6.07 Å². The van der Waals surface area contributed by atoms with Crippen molar-refractivity contribution < 1.29 is 23.1 Å². The number of fused-ring (bicyclic) bond motifs is 1. The number of carbonyl (C=O) groups is 1. The second kappa shape index (κ2) is 9.46. The van der Waals surface area contributed by atoms with Gasteiger partial charge in [-0.2, -0.15) is 18.3 Å². The first-order valence-electron chi connectivity index (χ1n) is 11.3. The number of nitrogens with zero attached hydrogens (tertiary/aromatic N) is 3. The topological polar surface area (TPSA) is 94.1 Å². The summed E-state index contributed by atoms with van der Waals surface area (Å²) in [5.74, 6) is -0.112. The van der Waals surface area contributed by atoms with Gasteiger partial charge in [-0.25, -0.2) is 4.98 Å². The van der Waals surface area contributed by atoms with Crippen molar-refractivity contribution in [3.8, 4) is 17.0 Å². The lowest BCUT2D eigenvalue weighted by Gasteiger charge is -2.27. The molecule has 10 heteroatoms. The van der Waals surface area contributed by atoms with Gasteiger partial charge >= 0.3 is 6.18 Å². The summed E-state index contributed by atoms with van der Waals surface area (Å²) in [6.45, 7) is 2.38. The first-order valence-corrected chi connectivity index (χ1v) is 11.3. The summed E-state index contributed by atoms with van der Waals surface area (Å²) in [4.78, 5) is 19.9. The van der Waals surface area contributed by atoms with Crippen LogP contribution in [0.1, 0.15) is 27.2 Å². The number of aromatic nitrogens is 3. The summed E-state index contributed by atoms with van der Waals surface area (Å²) >= 11 is 0. The molecule has 0 saturated carbocycles. The summed E-state index contributed by atoms with van der Waals surface area (Å²) in [5, 5.41) is 20.4. The van der Waals surface area contributed by atoms with Crippen molar-refractivity contribution in [2.75, 3.05) is 26.2 Å². The fraction of sp³-hybridized carbons (Fsp3) is 0.192. The summed E-state index contributed by atoms with van der Waals surface area (Å²) in [5.41, 5.74) is 1.41. The molecule has 2 aromatic heterocycles. The smallest absolute Gasteiger partial charge is 0.416 e. The Morgan fingerprint density at radius 3 is 2.47 bits per heavy atom. The third kappa shape index (κ3) is 4.67. The molecular formula is C26H22F3N5O2. The van der Waals surface area contributed by atoms with Crippen LogP contribution in [0.4, 0.5) is 13.2 Å². The predicted octanol–water partition coefficient (Wildman–Crippen LogP) is 4.57. The number of carbonyl (C=O) groups excluding carboxylic acids is 1. The predicted molar refractivity (Wildman–Crippen MR) is 130 cm³/mol. The van der Waals surface area contributed by atoms with E-state index >= 15 is 0 Å². The van der Waals surface area contributed by atoms with E-state index < -0.39 is 11.7 Å². The van der Waals surface area contributed by atoms with Crippen LogP contribution >= 0.6 is 0 Å². The maximum Gasteiger partial charge on any atom is 0.416 e. The number of aromatic hydroxyl groups is 1. The number of rotatable bonds is 4. The minimum atomic E-state index is -4.50. The molecule has 5 rings (SSSR count). The first-order chi connectivity index (χ1) is 17.3. The van der Waals surface area contributed by atoms with E-state index in [1.807, 2.05) is 0 Å². The molecule has 2 aromatic carbocycles. The van der Waals surface area contributed by atoms with Gasteiger partial charge in [0.2, 0.25) is 0 Å². The molecule has 184 valence electrons. The maximum absolute atomic E-state index is 13.6. The number of alkyl halides is 3. The van der Waals surface area contributed by atoms with Crippen LogP contribution in [-0.4, -0.2) is 57.3 Å². The van der Waals surface area contributed by atoms with Gasteiger partial charge in [-0.1, -0.05) is 24.3 Å². The van der Waals surface area contributed by atoms with E-state index in [9.17, 15) is 23.1 Å². The van der Waals surface area contributed by atoms with Crippen LogP contribution in [0.15, 0.2) is 54.6 Å². The summed E-state index contributed by atoms with van der Waals surface area (Å²) in [6.07, 6.45) is -1.67. The Kier molecular flexibility index (Phi) is 6.19. The zero-order chi connectivity index (χ0) is 25.3. The molecule has 0 spiro atoms. The van der Waals surface area contributed by atoms with Crippen LogP contribution in [0, 0.1) is 0 Å². The number of H-pyrrole nitrogens is 1. The van der Waals surface area contributed by atoms with E-state index in [2.05, 4.69) is 20.5 Å². The van der Waals surface area contributed by atoms with Crippen LogP contribution in [0.3, 0.4) is 0 Å². The van der Waals surface area contributed by atoms with Crippen molar-refractivity contribution in [2.45, 2.75) is 6.18 Å². The highest BCUT2D eigenvalue weighted by Gasteiger charge is 2.32. The molecule has 0 atom stereocenters. The third-order valence-corrected chi connectivity index (χ3v) is 6.05. The zero-order valence-electron chi connectivity index (χ0n) is 19.0. The van der Waals surface area contributed by atoms with Gasteiger partial charge in [-0.3, -0.25) is 9.89 Å². The Morgan fingerprint density at radius 2 is 1.75 bits per heavy atom. The largest absolute Gasteiger partial charge is 0.508 e. The number of pyridine rings is 1. The average molecular weight is 493 g/mol. The SMILES string of the molecule is O=C(c1cc(-c2ccc(O)cc2)nc2n[nH]c(C=Cc3ccccc3C(F)(F)F)c12)N1CCNCC1. The molecule has 4 aromatic rings. The number of hydrogen-bond donors (Lipinski definition) is 3. The van der Waals surface area contributed by atoms with E-state index in [0.29, 0.717) is 54.1 Å². The molecule has 0 unspecified atom stereocenters. The number of hydrogen-bond acceptors (Lipinski definition) is 5. The van der Waals surface area contributed by atoms with Gasteiger partial charge in [-0.15, -0.1) is 0 Å². The van der Waals surface area contributed by atoms with Crippen LogP contribution in [-0.2, 0) is 6.18 Å². The second-order valence-corrected chi connectivity index (χ2v) is 8.40. The number of phenolic OH excluding ortho intramolecular Hbond substituents is 1. The lowest BCUT2D eigenvalue weighted by Crippen LogP contribution is -2.46. The summed E-state index contributed by atoms with van der Waals surface area (Å²) in [7, 11) is 0. The van der Waals surface area contributed by atoms with E-state index in [4.69, 9.17) is 0 Å². The fourth-order valence-corrected chi connectivity index (χ4v) is 4.23. The molecule has 36 heavy (non-hydrogen) atoms. The van der Waals surface area contributed by atoms with Crippen molar-refractivity contribution in [2.24, 2.45) is 0 Å². The fourth-order valence-electron chi connectivity index (χ4n) is 4.23. The molecule has 0 radical (unpaired) electrons. The summed E-state index contributed by atoms with van der Waals surface area (Å²) < 4.78 is 40.3. The normalized spacial score (nSPS) is 14.6. The van der Waals surface area contributed by atoms with Gasteiger partial charge in [0.05, 0.1) is 27.9 Å². The molecule has 1 fully saturated rings. The standard InChI is InChI=1S/C26H22F3N5O2/c27-26(28,29)20-4-2-1-3-16(20)7-10-21-23-19(25(36)34-13-11-30-12-14-34)15-22(31-24(23)33-32-21)17-5-8-18(35)9-6-17/h1-10,15,30,35H,11-14H2,(H,31,32,33). The van der Waals surface area contributed by atoms with Gasteiger partial charge in [0.1, 0.15) is 5.75 Å². The third-order valence-electron chi connectivity index (χ3n) is 6.05. The van der Waals surface area contributed by atoms with E-state index in [1.165, 1.54) is 42.5 Å². The van der Waals surface area contributed by atoms with Crippen molar-refractivity contribution in [1.29, 1.82) is 0 Å². The average Bonchev–Trinajstić information content (AvgIpc) is 3.30. The Morgan fingerprint density at radius 1 is 1.03 bits per heavy atom. The Bertz CT molecular complexity index is 1440. The van der Waals surface area contributed by atoms with Crippen LogP contribution in [0.2, 0.25) is 0 Å². The Balaban J connectivity index is 1.62. The lowest BCUT2D eigenvalue weighted by molar-refractivity contribution is -0.137. The minimum absolute atomic E-state index is 0.00333. The molecule has 1 aliphatic heterocycles. The highest BCUT2D eigenvalue weighted by atomic mass is 19.4. The minimum Gasteiger partial charge on any atom is -0.508 e. The number of phenols is 1. The monoisotopic (exact) mass is 493 g/mol. The van der Waals surface area contributed by atoms with Crippen LogP contribution in [0.5, 0.6) is 5.75 Å². The van der Waals surface area contributed by atoms with Crippen molar-refractivity contribution in [1.82, 2.24) is 25.4 Å². The van der Waals surface area contributed by atoms with Gasteiger partial charge in [0.25, 0.3) is 5.91 Å². The van der Waals surface area contributed by atoms with Crippen molar-refractivity contribution in [3.05, 3.63) is 77.0 Å². The molecule has 7 nitrogen and oxygen atoms in total. The van der Waals surface area contributed by atoms with Crippen molar-refractivity contribution >= 4 is 29.1 Å². The first kappa shape index (κ1) is 23.6. The van der Waals surface area contributed by atoms with Crippen LogP contribution < -0.4 is 5.32 Å². The van der Waals surface area contributed by atoms with E-state index in [-0.39, 0.29) is 22.9 Å². The Hall–Kier alpha value is -4.18. The number of nitrogens with one attached hydrogen (secondary N) is 2. The Labute approximate surface area is 204 Å². The highest BCUT2D eigenvalue weighted by Crippen LogP contribution is 2.33. The highest BCUT2D eigenvalue weighted by molar-refractivity contribution is 6.09. The quantitative estimate of drug-likeness (QED) is 0.387. The van der Waals surface area contributed by atoms with Crippen LogP contribution in [0.25, 0.3) is 34.4 Å². The van der Waals surface area contributed by atoms with E-state index in [1.54, 1.807) is 23.1 Å². The van der Waals surface area contributed by atoms with Gasteiger partial charge in [-0.05, 0) is 48.0 Å². The van der Waals surface area contributed by atoms with Gasteiger partial charge < -0.3 is 15.3 Å².